The number of nitrogens with one attached hydrogen (secondary N) is 2. The molecule has 1 atom stereocenters. The summed E-state index contributed by atoms with van der Waals surface area (Å²) in [5.74, 6) is -0.287. The lowest BCUT2D eigenvalue weighted by molar-refractivity contribution is -0.133. The highest BCUT2D eigenvalue weighted by molar-refractivity contribution is 5.89. The largest absolute Gasteiger partial charge is 0.403 e. The van der Waals surface area contributed by atoms with E-state index in [1.54, 1.807) is 6.92 Å². The van der Waals surface area contributed by atoms with Crippen LogP contribution in [-0.2, 0) is 4.79 Å². The molecule has 0 radical (unpaired) electrons. The number of piperidine rings is 1. The zero-order chi connectivity index (χ0) is 19.3. The molecule has 2 fully saturated rings. The second-order valence-electron chi connectivity index (χ2n) is 7.72. The number of rotatable bonds is 4. The molecule has 2 N–H and O–H groups in total. The molecular weight excluding hydrogens is 365 g/mol. The first-order chi connectivity index (χ1) is 13.5. The fourth-order valence-electron chi connectivity index (χ4n) is 3.86. The van der Waals surface area contributed by atoms with Gasteiger partial charge in [-0.1, -0.05) is 5.10 Å². The SMILES string of the molecule is C[C@@H](Nc1nnc(-c2ccc(F)c3n[nH]nc23)o1)C(=O)N1CCC2(CC1)CC2. The van der Waals surface area contributed by atoms with E-state index in [-0.39, 0.29) is 23.3 Å². The van der Waals surface area contributed by atoms with Crippen LogP contribution in [0.4, 0.5) is 10.4 Å². The van der Waals surface area contributed by atoms with Crippen molar-refractivity contribution in [3.05, 3.63) is 17.9 Å². The fourth-order valence-corrected chi connectivity index (χ4v) is 3.86. The summed E-state index contributed by atoms with van der Waals surface area (Å²) in [5.41, 5.74) is 1.40. The topological polar surface area (TPSA) is 113 Å². The maximum absolute atomic E-state index is 13.8. The third kappa shape index (κ3) is 2.88. The summed E-state index contributed by atoms with van der Waals surface area (Å²) in [6, 6.07) is 2.43. The third-order valence-electron chi connectivity index (χ3n) is 5.88. The number of fused-ring (bicyclic) bond motifs is 1. The van der Waals surface area contributed by atoms with Crippen LogP contribution in [0.25, 0.3) is 22.5 Å². The Labute approximate surface area is 159 Å². The van der Waals surface area contributed by atoms with Gasteiger partial charge in [-0.2, -0.15) is 15.4 Å². The number of aromatic nitrogens is 5. The van der Waals surface area contributed by atoms with Crippen LogP contribution in [0.15, 0.2) is 16.5 Å². The first-order valence-corrected chi connectivity index (χ1v) is 9.43. The van der Waals surface area contributed by atoms with E-state index >= 15 is 0 Å². The molecule has 1 saturated heterocycles. The Kier molecular flexibility index (Phi) is 3.81. The third-order valence-corrected chi connectivity index (χ3v) is 5.88. The minimum absolute atomic E-state index is 0.0240. The maximum Gasteiger partial charge on any atom is 0.316 e. The first-order valence-electron chi connectivity index (χ1n) is 9.43. The van der Waals surface area contributed by atoms with Gasteiger partial charge in [-0.05, 0) is 50.2 Å². The zero-order valence-electron chi connectivity index (χ0n) is 15.4. The van der Waals surface area contributed by atoms with Crippen molar-refractivity contribution < 1.29 is 13.6 Å². The van der Waals surface area contributed by atoms with Gasteiger partial charge in [-0.25, -0.2) is 4.39 Å². The number of carbonyl (C=O) groups is 1. The number of likely N-dealkylation sites (tertiary alicyclic amines) is 1. The molecule has 1 saturated carbocycles. The van der Waals surface area contributed by atoms with Crippen molar-refractivity contribution in [2.45, 2.75) is 38.6 Å². The van der Waals surface area contributed by atoms with Crippen molar-refractivity contribution in [1.82, 2.24) is 30.5 Å². The summed E-state index contributed by atoms with van der Waals surface area (Å²) >= 11 is 0. The highest BCUT2D eigenvalue weighted by atomic mass is 19.1. The predicted octanol–water partition coefficient (Wildman–Crippen LogP) is 2.35. The normalized spacial score (nSPS) is 19.1. The van der Waals surface area contributed by atoms with E-state index in [1.165, 1.54) is 25.0 Å². The molecule has 1 spiro atoms. The molecule has 1 aliphatic carbocycles. The van der Waals surface area contributed by atoms with Gasteiger partial charge in [-0.3, -0.25) is 4.79 Å². The molecule has 9 nitrogen and oxygen atoms in total. The van der Waals surface area contributed by atoms with E-state index < -0.39 is 11.9 Å². The molecule has 1 aliphatic heterocycles. The van der Waals surface area contributed by atoms with Crippen LogP contribution in [0.3, 0.4) is 0 Å². The summed E-state index contributed by atoms with van der Waals surface area (Å²) < 4.78 is 19.4. The maximum atomic E-state index is 13.8. The summed E-state index contributed by atoms with van der Waals surface area (Å²) in [5, 5.41) is 21.0. The van der Waals surface area contributed by atoms with Gasteiger partial charge in [0.05, 0.1) is 5.56 Å². The van der Waals surface area contributed by atoms with Gasteiger partial charge < -0.3 is 14.6 Å². The summed E-state index contributed by atoms with van der Waals surface area (Å²) in [6.07, 6.45) is 4.79. The highest BCUT2D eigenvalue weighted by Gasteiger charge is 2.45. The lowest BCUT2D eigenvalue weighted by atomic mass is 9.93. The fraction of sp³-hybridized carbons (Fsp3) is 0.500. The molecule has 0 unspecified atom stereocenters. The average molecular weight is 385 g/mol. The van der Waals surface area contributed by atoms with Gasteiger partial charge in [0, 0.05) is 13.1 Å². The monoisotopic (exact) mass is 385 g/mol. The number of carbonyl (C=O) groups excluding carboxylic acids is 1. The molecular formula is C18H20FN7O2. The molecule has 28 heavy (non-hydrogen) atoms. The number of benzene rings is 1. The number of aromatic amines is 1. The van der Waals surface area contributed by atoms with Crippen LogP contribution in [0.1, 0.15) is 32.6 Å². The Balaban J connectivity index is 1.29. The van der Waals surface area contributed by atoms with Crippen LogP contribution in [0.2, 0.25) is 0 Å². The van der Waals surface area contributed by atoms with Crippen LogP contribution in [-0.4, -0.2) is 55.5 Å². The number of nitrogens with zero attached hydrogens (tertiary/aromatic N) is 5. The molecule has 2 aliphatic rings. The number of halogens is 1. The lowest BCUT2D eigenvalue weighted by Gasteiger charge is -2.33. The number of amides is 1. The van der Waals surface area contributed by atoms with E-state index in [0.29, 0.717) is 16.5 Å². The Hall–Kier alpha value is -3.04. The van der Waals surface area contributed by atoms with Crippen molar-refractivity contribution in [2.24, 2.45) is 5.41 Å². The second kappa shape index (κ2) is 6.25. The molecule has 2 aromatic heterocycles. The van der Waals surface area contributed by atoms with Gasteiger partial charge in [0.25, 0.3) is 5.89 Å². The van der Waals surface area contributed by atoms with Gasteiger partial charge >= 0.3 is 6.01 Å². The molecule has 5 rings (SSSR count). The van der Waals surface area contributed by atoms with E-state index in [1.807, 2.05) is 4.90 Å². The Morgan fingerprint density at radius 3 is 2.71 bits per heavy atom. The summed E-state index contributed by atoms with van der Waals surface area (Å²) in [6.45, 7) is 3.39. The van der Waals surface area contributed by atoms with Crippen molar-refractivity contribution in [2.75, 3.05) is 18.4 Å². The molecule has 0 bridgehead atoms. The standard InChI is InChI=1S/C18H20FN7O2/c1-10(16(27)26-8-6-18(4-5-18)7-9-26)20-17-24-23-15(28-17)11-2-3-12(19)14-13(11)21-25-22-14/h2-3,10H,4-9H2,1H3,(H,20,24)(H,21,22,25)/t10-/m1/s1. The molecule has 1 amide bonds. The average Bonchev–Trinajstić information content (AvgIpc) is 3.11. The quantitative estimate of drug-likeness (QED) is 0.709. The highest BCUT2D eigenvalue weighted by Crippen LogP contribution is 2.53. The van der Waals surface area contributed by atoms with Crippen LogP contribution < -0.4 is 5.32 Å². The first kappa shape index (κ1) is 17.1. The van der Waals surface area contributed by atoms with Crippen LogP contribution in [0, 0.1) is 11.2 Å². The van der Waals surface area contributed by atoms with Gasteiger partial charge in [0.15, 0.2) is 5.82 Å². The molecule has 146 valence electrons. The minimum atomic E-state index is -0.487. The molecule has 1 aromatic carbocycles. The molecule has 3 heterocycles. The number of anilines is 1. The smallest absolute Gasteiger partial charge is 0.316 e. The van der Waals surface area contributed by atoms with E-state index in [0.717, 1.165) is 25.9 Å². The van der Waals surface area contributed by atoms with Crippen LogP contribution in [0.5, 0.6) is 0 Å². The summed E-state index contributed by atoms with van der Waals surface area (Å²) in [7, 11) is 0. The van der Waals surface area contributed by atoms with Gasteiger partial charge in [-0.15, -0.1) is 5.10 Å². The van der Waals surface area contributed by atoms with Crippen molar-refractivity contribution in [3.63, 3.8) is 0 Å². The van der Waals surface area contributed by atoms with Crippen molar-refractivity contribution in [3.8, 4) is 11.5 Å². The Morgan fingerprint density at radius 1 is 1.21 bits per heavy atom. The minimum Gasteiger partial charge on any atom is -0.403 e. The Bertz CT molecular complexity index is 1030. The van der Waals surface area contributed by atoms with E-state index in [9.17, 15) is 9.18 Å². The molecule has 10 heteroatoms. The van der Waals surface area contributed by atoms with Crippen LogP contribution >= 0.6 is 0 Å². The van der Waals surface area contributed by atoms with Gasteiger partial charge in [0.2, 0.25) is 5.91 Å². The summed E-state index contributed by atoms with van der Waals surface area (Å²) in [4.78, 5) is 14.6. The Morgan fingerprint density at radius 2 is 1.96 bits per heavy atom. The predicted molar refractivity (Wildman–Crippen MR) is 97.7 cm³/mol. The number of hydrogen-bond acceptors (Lipinski definition) is 7. The number of hydrogen-bond donors (Lipinski definition) is 2. The number of H-pyrrole nitrogens is 1. The van der Waals surface area contributed by atoms with E-state index in [4.69, 9.17) is 4.42 Å². The molecule has 3 aromatic rings. The zero-order valence-corrected chi connectivity index (χ0v) is 15.4. The van der Waals surface area contributed by atoms with Gasteiger partial charge in [0.1, 0.15) is 17.1 Å². The van der Waals surface area contributed by atoms with Crippen molar-refractivity contribution >= 4 is 23.0 Å². The van der Waals surface area contributed by atoms with Crippen molar-refractivity contribution in [1.29, 1.82) is 0 Å². The lowest BCUT2D eigenvalue weighted by Crippen LogP contribution is -2.45. The van der Waals surface area contributed by atoms with E-state index in [2.05, 4.69) is 30.9 Å². The second-order valence-corrected chi connectivity index (χ2v) is 7.72.